The lowest BCUT2D eigenvalue weighted by molar-refractivity contribution is 0.110. The van der Waals surface area contributed by atoms with E-state index in [9.17, 15) is 13.0 Å². The van der Waals surface area contributed by atoms with Crippen molar-refractivity contribution in [3.05, 3.63) is 0 Å². The third-order valence-corrected chi connectivity index (χ3v) is 1.40. The Morgan fingerprint density at radius 1 is 1.50 bits per heavy atom. The molecule has 0 heterocycles. The molecule has 0 saturated heterocycles. The van der Waals surface area contributed by atoms with Gasteiger partial charge in [-0.05, 0) is 0 Å². The van der Waals surface area contributed by atoms with Gasteiger partial charge >= 0.3 is 0 Å². The van der Waals surface area contributed by atoms with Crippen molar-refractivity contribution in [3.8, 4) is 0 Å². The van der Waals surface area contributed by atoms with Gasteiger partial charge in [-0.15, -0.1) is 0 Å². The molecular formula is C3H11NO5S. The quantitative estimate of drug-likeness (QED) is 0.435. The van der Waals surface area contributed by atoms with Gasteiger partial charge in [0.1, 0.15) is 0 Å². The summed E-state index contributed by atoms with van der Waals surface area (Å²) in [7, 11) is -4.40. The van der Waals surface area contributed by atoms with E-state index in [0.717, 1.165) is 0 Å². The SMILES string of the molecule is O=S(=O)([O-])CC(O)CO.[NH4+]. The Balaban J connectivity index is 0. The monoisotopic (exact) mass is 173 g/mol. The third kappa shape index (κ3) is 7.79. The van der Waals surface area contributed by atoms with Gasteiger partial charge in [-0.2, -0.15) is 0 Å². The minimum absolute atomic E-state index is 0. The van der Waals surface area contributed by atoms with Crippen molar-refractivity contribution in [2.45, 2.75) is 6.10 Å². The molecule has 0 fully saturated rings. The fourth-order valence-corrected chi connectivity index (χ4v) is 0.865. The summed E-state index contributed by atoms with van der Waals surface area (Å²) >= 11 is 0. The summed E-state index contributed by atoms with van der Waals surface area (Å²) in [4.78, 5) is 0. The standard InChI is InChI=1S/C3H8O5S.H3N/c4-1-3(5)2-9(6,7)8;/h3-5H,1-2H2,(H,6,7,8);1H3. The smallest absolute Gasteiger partial charge is 0.0972 e. The van der Waals surface area contributed by atoms with Gasteiger partial charge in [-0.3, -0.25) is 0 Å². The van der Waals surface area contributed by atoms with Crippen LogP contribution in [0, 0.1) is 0 Å². The normalized spacial score (nSPS) is 13.9. The Hall–Kier alpha value is -0.210. The summed E-state index contributed by atoms with van der Waals surface area (Å²) in [5, 5.41) is 16.4. The van der Waals surface area contributed by atoms with Crippen LogP contribution in [-0.4, -0.2) is 41.6 Å². The number of quaternary nitrogens is 1. The minimum Gasteiger partial charge on any atom is -0.748 e. The molecule has 64 valence electrons. The van der Waals surface area contributed by atoms with Crippen molar-refractivity contribution >= 4 is 10.1 Å². The molecule has 0 aromatic rings. The topological polar surface area (TPSA) is 134 Å². The van der Waals surface area contributed by atoms with E-state index in [1.807, 2.05) is 0 Å². The average Bonchev–Trinajstić information content (AvgIpc) is 1.62. The van der Waals surface area contributed by atoms with Crippen LogP contribution in [0.2, 0.25) is 0 Å². The maximum atomic E-state index is 9.77. The van der Waals surface area contributed by atoms with Crippen LogP contribution < -0.4 is 6.15 Å². The Kier molecular flexibility index (Phi) is 5.71. The van der Waals surface area contributed by atoms with Crippen molar-refractivity contribution in [1.29, 1.82) is 0 Å². The summed E-state index contributed by atoms with van der Waals surface area (Å²) in [6.45, 7) is -0.707. The summed E-state index contributed by atoms with van der Waals surface area (Å²) < 4.78 is 29.3. The van der Waals surface area contributed by atoms with E-state index in [2.05, 4.69) is 0 Å². The van der Waals surface area contributed by atoms with Gasteiger partial charge < -0.3 is 20.9 Å². The summed E-state index contributed by atoms with van der Waals surface area (Å²) in [6.07, 6.45) is -1.45. The van der Waals surface area contributed by atoms with Crippen LogP contribution >= 0.6 is 0 Å². The van der Waals surface area contributed by atoms with Crippen LogP contribution in [-0.2, 0) is 10.1 Å². The second kappa shape index (κ2) is 4.58. The highest BCUT2D eigenvalue weighted by Gasteiger charge is 2.05. The predicted molar refractivity (Wildman–Crippen MR) is 33.6 cm³/mol. The number of rotatable bonds is 3. The summed E-state index contributed by atoms with van der Waals surface area (Å²) in [6, 6.07) is 0. The molecule has 0 rings (SSSR count). The molecule has 0 radical (unpaired) electrons. The van der Waals surface area contributed by atoms with Gasteiger partial charge in [0.15, 0.2) is 0 Å². The van der Waals surface area contributed by atoms with Crippen molar-refractivity contribution in [2.24, 2.45) is 0 Å². The fraction of sp³-hybridized carbons (Fsp3) is 1.00. The molecule has 6 N–H and O–H groups in total. The Morgan fingerprint density at radius 3 is 2.00 bits per heavy atom. The number of hydrogen-bond donors (Lipinski definition) is 3. The molecule has 0 bridgehead atoms. The van der Waals surface area contributed by atoms with E-state index in [1.165, 1.54) is 0 Å². The number of aliphatic hydroxyl groups is 2. The van der Waals surface area contributed by atoms with E-state index >= 15 is 0 Å². The third-order valence-electron chi connectivity index (χ3n) is 0.607. The van der Waals surface area contributed by atoms with E-state index < -0.39 is 28.6 Å². The van der Waals surface area contributed by atoms with Crippen LogP contribution in [0.15, 0.2) is 0 Å². The lowest BCUT2D eigenvalue weighted by Crippen LogP contribution is -2.23. The lowest BCUT2D eigenvalue weighted by atomic mass is 10.4. The fourth-order valence-electron chi connectivity index (χ4n) is 0.288. The molecule has 0 aliphatic carbocycles. The van der Waals surface area contributed by atoms with Gasteiger partial charge in [0, 0.05) is 0 Å². The van der Waals surface area contributed by atoms with Crippen molar-refractivity contribution in [3.63, 3.8) is 0 Å². The summed E-state index contributed by atoms with van der Waals surface area (Å²) in [5.74, 6) is -0.927. The minimum atomic E-state index is -4.40. The number of hydrogen-bond acceptors (Lipinski definition) is 5. The zero-order chi connectivity index (χ0) is 7.49. The molecule has 6 nitrogen and oxygen atoms in total. The van der Waals surface area contributed by atoms with E-state index in [1.54, 1.807) is 0 Å². The summed E-state index contributed by atoms with van der Waals surface area (Å²) in [5.41, 5.74) is 0. The molecule has 0 spiro atoms. The second-order valence-corrected chi connectivity index (χ2v) is 3.01. The van der Waals surface area contributed by atoms with Gasteiger partial charge in [-0.1, -0.05) is 0 Å². The van der Waals surface area contributed by atoms with E-state index in [4.69, 9.17) is 10.2 Å². The highest BCUT2D eigenvalue weighted by Crippen LogP contribution is 1.87. The van der Waals surface area contributed by atoms with E-state index in [-0.39, 0.29) is 6.15 Å². The Bertz CT molecular complexity index is 164. The molecule has 0 aliphatic heterocycles. The molecule has 1 unspecified atom stereocenters. The van der Waals surface area contributed by atoms with Crippen LogP contribution in [0.25, 0.3) is 0 Å². The lowest BCUT2D eigenvalue weighted by Gasteiger charge is -2.09. The number of aliphatic hydroxyl groups excluding tert-OH is 2. The maximum Gasteiger partial charge on any atom is 0.0972 e. The first-order chi connectivity index (χ1) is 3.95. The Morgan fingerprint density at radius 2 is 1.90 bits per heavy atom. The molecule has 7 heteroatoms. The van der Waals surface area contributed by atoms with Crippen LogP contribution in [0.1, 0.15) is 0 Å². The molecule has 0 aromatic carbocycles. The second-order valence-electron chi connectivity index (χ2n) is 1.56. The van der Waals surface area contributed by atoms with E-state index in [0.29, 0.717) is 0 Å². The molecule has 0 saturated carbocycles. The molecular weight excluding hydrogens is 162 g/mol. The van der Waals surface area contributed by atoms with Crippen molar-refractivity contribution in [1.82, 2.24) is 6.15 Å². The van der Waals surface area contributed by atoms with Gasteiger partial charge in [0.25, 0.3) is 0 Å². The highest BCUT2D eigenvalue weighted by atomic mass is 32.2. The van der Waals surface area contributed by atoms with Crippen molar-refractivity contribution in [2.75, 3.05) is 12.4 Å². The molecule has 1 atom stereocenters. The van der Waals surface area contributed by atoms with Gasteiger partial charge in [0.2, 0.25) is 0 Å². The first-order valence-corrected chi connectivity index (χ1v) is 3.76. The largest absolute Gasteiger partial charge is 0.748 e. The maximum absolute atomic E-state index is 9.77. The zero-order valence-electron chi connectivity index (χ0n) is 5.52. The predicted octanol–water partition coefficient (Wildman–Crippen LogP) is -1.74. The molecule has 0 aliphatic rings. The van der Waals surface area contributed by atoms with Crippen molar-refractivity contribution < 1.29 is 23.2 Å². The van der Waals surface area contributed by atoms with Crippen LogP contribution in [0.5, 0.6) is 0 Å². The Labute approximate surface area is 58.8 Å². The van der Waals surface area contributed by atoms with Crippen LogP contribution in [0.3, 0.4) is 0 Å². The molecule has 0 amide bonds. The van der Waals surface area contributed by atoms with Crippen LogP contribution in [0.4, 0.5) is 0 Å². The highest BCUT2D eigenvalue weighted by molar-refractivity contribution is 7.85. The van der Waals surface area contributed by atoms with Gasteiger partial charge in [0.05, 0.1) is 28.6 Å². The first-order valence-electron chi connectivity index (χ1n) is 2.18. The zero-order valence-corrected chi connectivity index (χ0v) is 6.34. The molecule has 0 aromatic heterocycles. The first kappa shape index (κ1) is 12.5. The van der Waals surface area contributed by atoms with Gasteiger partial charge in [-0.25, -0.2) is 8.42 Å². The average molecular weight is 173 g/mol. The molecule has 10 heavy (non-hydrogen) atoms.